The van der Waals surface area contributed by atoms with Crippen LogP contribution in [0, 0.1) is 0 Å². The quantitative estimate of drug-likeness (QED) is 0.514. The molecule has 1 fully saturated rings. The van der Waals surface area contributed by atoms with Gasteiger partial charge in [0, 0.05) is 29.3 Å². The summed E-state index contributed by atoms with van der Waals surface area (Å²) < 4.78 is 14.0. The number of halogens is 2. The lowest BCUT2D eigenvalue weighted by molar-refractivity contribution is -0.114. The highest BCUT2D eigenvalue weighted by atomic mass is 79.9. The predicted octanol–water partition coefficient (Wildman–Crippen LogP) is 6.03. The van der Waals surface area contributed by atoms with Gasteiger partial charge in [-0.1, -0.05) is 15.9 Å². The Bertz CT molecular complexity index is 921. The van der Waals surface area contributed by atoms with Crippen molar-refractivity contribution in [2.24, 2.45) is 5.10 Å². The van der Waals surface area contributed by atoms with Crippen LogP contribution < -0.4 is 9.47 Å². The molecular weight excluding hydrogens is 472 g/mol. The van der Waals surface area contributed by atoms with E-state index in [0.29, 0.717) is 0 Å². The van der Waals surface area contributed by atoms with Crippen molar-refractivity contribution in [2.75, 3.05) is 7.11 Å². The van der Waals surface area contributed by atoms with E-state index in [-0.39, 0.29) is 11.8 Å². The number of fused-ring (bicyclic) bond motifs is 4. The molecule has 1 atom stereocenters. The smallest absolute Gasteiger partial charge is 0.198 e. The van der Waals surface area contributed by atoms with Crippen molar-refractivity contribution in [3.63, 3.8) is 0 Å². The van der Waals surface area contributed by atoms with E-state index in [2.05, 4.69) is 61.1 Å². The molecular formula is C21H20Br2N2O2. The molecule has 0 aromatic heterocycles. The minimum Gasteiger partial charge on any atom is -0.497 e. The van der Waals surface area contributed by atoms with Crippen LogP contribution in [-0.4, -0.2) is 23.6 Å². The standard InChI is InChI=1S/C21H20Br2N2O2/c1-26-15-6-4-13(5-7-15)18-12-19-16-10-14(22)11-17(23)20(16)27-21(25(19)24-18)8-2-3-9-21/h4-7,10-11,19H,2-3,8-9,12H2,1H3. The molecule has 1 saturated carbocycles. The molecule has 140 valence electrons. The number of ether oxygens (including phenoxy) is 2. The van der Waals surface area contributed by atoms with Crippen LogP contribution in [0.25, 0.3) is 0 Å². The summed E-state index contributed by atoms with van der Waals surface area (Å²) in [5.74, 6) is 1.84. The average Bonchev–Trinajstić information content (AvgIpc) is 3.32. The molecule has 1 aliphatic carbocycles. The highest BCUT2D eigenvalue weighted by molar-refractivity contribution is 9.11. The molecule has 5 rings (SSSR count). The monoisotopic (exact) mass is 490 g/mol. The number of hydrogen-bond acceptors (Lipinski definition) is 4. The zero-order valence-corrected chi connectivity index (χ0v) is 18.2. The summed E-state index contributed by atoms with van der Waals surface area (Å²) in [6.07, 6.45) is 5.28. The van der Waals surface area contributed by atoms with E-state index in [1.54, 1.807) is 7.11 Å². The first-order chi connectivity index (χ1) is 13.1. The average molecular weight is 492 g/mol. The fourth-order valence-electron chi connectivity index (χ4n) is 4.52. The molecule has 1 unspecified atom stereocenters. The van der Waals surface area contributed by atoms with E-state index in [0.717, 1.165) is 51.0 Å². The highest BCUT2D eigenvalue weighted by Gasteiger charge is 2.52. The molecule has 0 N–H and O–H groups in total. The maximum absolute atomic E-state index is 6.63. The van der Waals surface area contributed by atoms with Gasteiger partial charge < -0.3 is 9.47 Å². The second kappa shape index (κ2) is 6.52. The summed E-state index contributed by atoms with van der Waals surface area (Å²) in [7, 11) is 1.69. The molecule has 0 saturated heterocycles. The third-order valence-electron chi connectivity index (χ3n) is 5.82. The van der Waals surface area contributed by atoms with E-state index in [9.17, 15) is 0 Å². The van der Waals surface area contributed by atoms with Gasteiger partial charge in [0.15, 0.2) is 5.72 Å². The molecule has 2 aromatic rings. The Hall–Kier alpha value is -1.53. The lowest BCUT2D eigenvalue weighted by atomic mass is 9.94. The third kappa shape index (κ3) is 2.80. The Balaban J connectivity index is 1.59. The first-order valence-corrected chi connectivity index (χ1v) is 10.9. The Morgan fingerprint density at radius 2 is 1.89 bits per heavy atom. The molecule has 2 aliphatic heterocycles. The van der Waals surface area contributed by atoms with Crippen molar-refractivity contribution in [2.45, 2.75) is 43.9 Å². The molecule has 27 heavy (non-hydrogen) atoms. The van der Waals surface area contributed by atoms with Crippen LogP contribution in [0.5, 0.6) is 11.5 Å². The van der Waals surface area contributed by atoms with Crippen LogP contribution >= 0.6 is 31.9 Å². The van der Waals surface area contributed by atoms with Crippen LogP contribution in [0.15, 0.2) is 50.4 Å². The van der Waals surface area contributed by atoms with E-state index in [1.807, 2.05) is 12.1 Å². The second-order valence-electron chi connectivity index (χ2n) is 7.40. The zero-order chi connectivity index (χ0) is 18.6. The number of rotatable bonds is 2. The lowest BCUT2D eigenvalue weighted by Gasteiger charge is -2.46. The fraction of sp³-hybridized carbons (Fsp3) is 0.381. The molecule has 2 aromatic carbocycles. The minimum absolute atomic E-state index is 0.206. The van der Waals surface area contributed by atoms with Crippen molar-refractivity contribution in [3.8, 4) is 11.5 Å². The summed E-state index contributed by atoms with van der Waals surface area (Å²) in [5.41, 5.74) is 3.14. The van der Waals surface area contributed by atoms with Gasteiger partial charge in [-0.25, -0.2) is 5.01 Å². The van der Waals surface area contributed by atoms with E-state index >= 15 is 0 Å². The van der Waals surface area contributed by atoms with Gasteiger partial charge in [-0.15, -0.1) is 0 Å². The molecule has 0 amide bonds. The molecule has 3 aliphatic rings. The van der Waals surface area contributed by atoms with Gasteiger partial charge in [0.05, 0.1) is 23.3 Å². The van der Waals surface area contributed by atoms with E-state index in [4.69, 9.17) is 14.6 Å². The van der Waals surface area contributed by atoms with Crippen molar-refractivity contribution >= 4 is 37.6 Å². The number of hydrogen-bond donors (Lipinski definition) is 0. The molecule has 0 bridgehead atoms. The minimum atomic E-state index is -0.317. The van der Waals surface area contributed by atoms with Crippen molar-refractivity contribution in [3.05, 3.63) is 56.5 Å². The Morgan fingerprint density at radius 1 is 1.15 bits per heavy atom. The van der Waals surface area contributed by atoms with Crippen LogP contribution in [-0.2, 0) is 0 Å². The third-order valence-corrected chi connectivity index (χ3v) is 6.87. The van der Waals surface area contributed by atoms with Crippen LogP contribution in [0.3, 0.4) is 0 Å². The van der Waals surface area contributed by atoms with Crippen molar-refractivity contribution in [1.82, 2.24) is 5.01 Å². The van der Waals surface area contributed by atoms with Gasteiger partial charge in [0.25, 0.3) is 0 Å². The summed E-state index contributed by atoms with van der Waals surface area (Å²) in [6.45, 7) is 0. The zero-order valence-electron chi connectivity index (χ0n) is 15.0. The van der Waals surface area contributed by atoms with Gasteiger partial charge in [-0.2, -0.15) is 5.10 Å². The first kappa shape index (κ1) is 17.6. The Kier molecular flexibility index (Phi) is 4.24. The van der Waals surface area contributed by atoms with E-state index < -0.39 is 0 Å². The largest absolute Gasteiger partial charge is 0.497 e. The summed E-state index contributed by atoms with van der Waals surface area (Å²) in [4.78, 5) is 0. The maximum atomic E-state index is 6.63. The fourth-order valence-corrected chi connectivity index (χ4v) is 5.86. The summed E-state index contributed by atoms with van der Waals surface area (Å²) in [5, 5.41) is 7.33. The summed E-state index contributed by atoms with van der Waals surface area (Å²) >= 11 is 7.35. The Morgan fingerprint density at radius 3 is 2.59 bits per heavy atom. The van der Waals surface area contributed by atoms with Gasteiger partial charge in [-0.05, 0) is 70.7 Å². The van der Waals surface area contributed by atoms with Gasteiger partial charge in [-0.3, -0.25) is 0 Å². The second-order valence-corrected chi connectivity index (χ2v) is 9.17. The number of nitrogens with zero attached hydrogens (tertiary/aromatic N) is 2. The maximum Gasteiger partial charge on any atom is 0.198 e. The predicted molar refractivity (Wildman–Crippen MR) is 112 cm³/mol. The number of benzene rings is 2. The topological polar surface area (TPSA) is 34.1 Å². The van der Waals surface area contributed by atoms with Crippen LogP contribution in [0.4, 0.5) is 0 Å². The van der Waals surface area contributed by atoms with Crippen molar-refractivity contribution in [1.29, 1.82) is 0 Å². The SMILES string of the molecule is COc1ccc(C2=NN3C(C2)c2cc(Br)cc(Br)c2OC32CCCC2)cc1. The van der Waals surface area contributed by atoms with Crippen LogP contribution in [0.1, 0.15) is 49.3 Å². The van der Waals surface area contributed by atoms with Crippen molar-refractivity contribution < 1.29 is 9.47 Å². The molecule has 0 radical (unpaired) electrons. The molecule has 2 heterocycles. The number of methoxy groups -OCH3 is 1. The van der Waals surface area contributed by atoms with Gasteiger partial charge in [0.2, 0.25) is 0 Å². The Labute approximate surface area is 175 Å². The normalized spacial score (nSPS) is 22.3. The molecule has 6 heteroatoms. The first-order valence-electron chi connectivity index (χ1n) is 9.29. The highest BCUT2D eigenvalue weighted by Crippen LogP contribution is 2.54. The molecule has 4 nitrogen and oxygen atoms in total. The summed E-state index contributed by atoms with van der Waals surface area (Å²) in [6, 6.07) is 12.6. The lowest BCUT2D eigenvalue weighted by Crippen LogP contribution is -2.51. The van der Waals surface area contributed by atoms with Crippen LogP contribution in [0.2, 0.25) is 0 Å². The van der Waals surface area contributed by atoms with Gasteiger partial charge >= 0.3 is 0 Å². The number of hydrazone groups is 1. The van der Waals surface area contributed by atoms with Gasteiger partial charge in [0.1, 0.15) is 11.5 Å². The molecule has 1 spiro atoms. The van der Waals surface area contributed by atoms with E-state index in [1.165, 1.54) is 18.4 Å².